The molecule has 0 heterocycles. The van der Waals surface area contributed by atoms with E-state index < -0.39 is 0 Å². The fourth-order valence-electron chi connectivity index (χ4n) is 2.28. The molecule has 1 aromatic rings. The van der Waals surface area contributed by atoms with Crippen molar-refractivity contribution in [2.45, 2.75) is 31.8 Å². The molecule has 0 radical (unpaired) electrons. The maximum absolute atomic E-state index is 11.9. The van der Waals surface area contributed by atoms with Gasteiger partial charge < -0.3 is 11.1 Å². The number of benzene rings is 1. The zero-order chi connectivity index (χ0) is 12.3. The lowest BCUT2D eigenvalue weighted by molar-refractivity contribution is -0.125. The lowest BCUT2D eigenvalue weighted by Gasteiger charge is -2.15. The molecule has 4 heteroatoms. The number of carbonyl (C=O) groups excluding carboxylic acids is 1. The van der Waals surface area contributed by atoms with Gasteiger partial charge in [-0.15, -0.1) is 0 Å². The van der Waals surface area contributed by atoms with Gasteiger partial charge in [0.2, 0.25) is 5.91 Å². The molecule has 92 valence electrons. The molecular weight excluding hydrogens is 236 g/mol. The van der Waals surface area contributed by atoms with Crippen molar-refractivity contribution in [3.8, 4) is 0 Å². The average molecular weight is 253 g/mol. The van der Waals surface area contributed by atoms with Gasteiger partial charge in [-0.05, 0) is 30.5 Å². The van der Waals surface area contributed by atoms with E-state index in [0.29, 0.717) is 11.6 Å². The molecule has 1 aliphatic carbocycles. The molecular formula is C13H17ClN2O. The maximum atomic E-state index is 11.9. The minimum absolute atomic E-state index is 0.0193. The first-order valence-electron chi connectivity index (χ1n) is 5.94. The quantitative estimate of drug-likeness (QED) is 0.866. The number of carbonyl (C=O) groups is 1. The Hall–Kier alpha value is -1.06. The number of nitrogens with two attached hydrogens (primary N) is 1. The summed E-state index contributed by atoms with van der Waals surface area (Å²) in [6.45, 7) is 0.516. The molecule has 0 spiro atoms. The van der Waals surface area contributed by atoms with Crippen LogP contribution in [-0.2, 0) is 11.3 Å². The van der Waals surface area contributed by atoms with E-state index in [0.717, 1.165) is 24.8 Å². The van der Waals surface area contributed by atoms with Gasteiger partial charge >= 0.3 is 0 Å². The fraction of sp³-hybridized carbons (Fsp3) is 0.462. The van der Waals surface area contributed by atoms with Crippen LogP contribution in [0, 0.1) is 5.92 Å². The van der Waals surface area contributed by atoms with Crippen molar-refractivity contribution in [2.75, 3.05) is 0 Å². The molecule has 1 saturated carbocycles. The van der Waals surface area contributed by atoms with E-state index in [1.807, 2.05) is 24.3 Å². The number of hydrogen-bond donors (Lipinski definition) is 2. The standard InChI is InChI=1S/C13H17ClN2O/c14-10-4-1-3-9(7-10)8-16-13(17)11-5-2-6-12(11)15/h1,3-4,7,11-12H,2,5-6,8,15H2,(H,16,17). The van der Waals surface area contributed by atoms with Crippen LogP contribution in [0.4, 0.5) is 0 Å². The highest BCUT2D eigenvalue weighted by Gasteiger charge is 2.29. The average Bonchev–Trinajstić information content (AvgIpc) is 2.72. The lowest BCUT2D eigenvalue weighted by atomic mass is 10.0. The van der Waals surface area contributed by atoms with E-state index in [1.54, 1.807) is 0 Å². The summed E-state index contributed by atoms with van der Waals surface area (Å²) in [5.74, 6) is 0.0455. The van der Waals surface area contributed by atoms with Crippen molar-refractivity contribution in [3.63, 3.8) is 0 Å². The van der Waals surface area contributed by atoms with E-state index in [4.69, 9.17) is 17.3 Å². The molecule has 1 fully saturated rings. The Labute approximate surface area is 106 Å². The molecule has 1 aromatic carbocycles. The van der Waals surface area contributed by atoms with E-state index in [9.17, 15) is 4.79 Å². The second kappa shape index (κ2) is 5.52. The molecule has 2 rings (SSSR count). The molecule has 2 atom stereocenters. The third kappa shape index (κ3) is 3.20. The summed E-state index contributed by atoms with van der Waals surface area (Å²) in [5, 5.41) is 3.61. The molecule has 3 N–H and O–H groups in total. The van der Waals surface area contributed by atoms with Crippen molar-refractivity contribution in [1.82, 2.24) is 5.32 Å². The van der Waals surface area contributed by atoms with Gasteiger partial charge in [-0.3, -0.25) is 4.79 Å². The van der Waals surface area contributed by atoms with E-state index in [-0.39, 0.29) is 17.9 Å². The molecule has 1 aliphatic rings. The topological polar surface area (TPSA) is 55.1 Å². The first-order valence-corrected chi connectivity index (χ1v) is 6.32. The van der Waals surface area contributed by atoms with Crippen molar-refractivity contribution < 1.29 is 4.79 Å². The van der Waals surface area contributed by atoms with Gasteiger partial charge in [0, 0.05) is 17.6 Å². The number of nitrogens with one attached hydrogen (secondary N) is 1. The minimum Gasteiger partial charge on any atom is -0.352 e. The molecule has 0 saturated heterocycles. The minimum atomic E-state index is -0.0193. The molecule has 3 nitrogen and oxygen atoms in total. The van der Waals surface area contributed by atoms with Gasteiger partial charge in [-0.25, -0.2) is 0 Å². The fourth-order valence-corrected chi connectivity index (χ4v) is 2.49. The highest BCUT2D eigenvalue weighted by molar-refractivity contribution is 6.30. The first-order chi connectivity index (χ1) is 8.16. The smallest absolute Gasteiger partial charge is 0.224 e. The Balaban J connectivity index is 1.88. The van der Waals surface area contributed by atoms with Crippen LogP contribution in [0.3, 0.4) is 0 Å². The summed E-state index contributed by atoms with van der Waals surface area (Å²) in [6.07, 6.45) is 2.91. The predicted molar refractivity (Wildman–Crippen MR) is 68.6 cm³/mol. The van der Waals surface area contributed by atoms with Gasteiger partial charge in [0.25, 0.3) is 0 Å². The second-order valence-corrected chi connectivity index (χ2v) is 4.99. The third-order valence-corrected chi connectivity index (χ3v) is 3.50. The molecule has 0 aliphatic heterocycles. The Morgan fingerprint density at radius 3 is 2.94 bits per heavy atom. The van der Waals surface area contributed by atoms with E-state index >= 15 is 0 Å². The summed E-state index contributed by atoms with van der Waals surface area (Å²) in [7, 11) is 0. The van der Waals surface area contributed by atoms with Crippen LogP contribution in [0.25, 0.3) is 0 Å². The monoisotopic (exact) mass is 252 g/mol. The Morgan fingerprint density at radius 2 is 2.29 bits per heavy atom. The summed E-state index contributed by atoms with van der Waals surface area (Å²) in [4.78, 5) is 11.9. The first kappa shape index (κ1) is 12.4. The van der Waals surface area contributed by atoms with Crippen molar-refractivity contribution >= 4 is 17.5 Å². The number of rotatable bonds is 3. The van der Waals surface area contributed by atoms with Crippen LogP contribution >= 0.6 is 11.6 Å². The third-order valence-electron chi connectivity index (χ3n) is 3.26. The van der Waals surface area contributed by atoms with Gasteiger partial charge in [-0.1, -0.05) is 30.2 Å². The van der Waals surface area contributed by atoms with E-state index in [1.165, 1.54) is 0 Å². The number of hydrogen-bond acceptors (Lipinski definition) is 2. The lowest BCUT2D eigenvalue weighted by Crippen LogP contribution is -2.38. The summed E-state index contributed by atoms with van der Waals surface area (Å²) < 4.78 is 0. The highest BCUT2D eigenvalue weighted by Crippen LogP contribution is 2.24. The van der Waals surface area contributed by atoms with Crippen LogP contribution in [0.1, 0.15) is 24.8 Å². The van der Waals surface area contributed by atoms with Crippen molar-refractivity contribution in [3.05, 3.63) is 34.9 Å². The Morgan fingerprint density at radius 1 is 1.47 bits per heavy atom. The van der Waals surface area contributed by atoms with Gasteiger partial charge in [0.05, 0.1) is 5.92 Å². The van der Waals surface area contributed by atoms with Crippen LogP contribution in [-0.4, -0.2) is 11.9 Å². The molecule has 0 bridgehead atoms. The zero-order valence-electron chi connectivity index (χ0n) is 9.66. The van der Waals surface area contributed by atoms with Gasteiger partial charge in [-0.2, -0.15) is 0 Å². The summed E-state index contributed by atoms with van der Waals surface area (Å²) in [6, 6.07) is 7.52. The van der Waals surface area contributed by atoms with Crippen molar-refractivity contribution in [1.29, 1.82) is 0 Å². The van der Waals surface area contributed by atoms with Crippen LogP contribution in [0.2, 0.25) is 5.02 Å². The predicted octanol–water partition coefficient (Wildman–Crippen LogP) is 2.08. The molecule has 1 amide bonds. The molecule has 0 aromatic heterocycles. The SMILES string of the molecule is NC1CCCC1C(=O)NCc1cccc(Cl)c1. The largest absolute Gasteiger partial charge is 0.352 e. The van der Waals surface area contributed by atoms with Crippen LogP contribution in [0.15, 0.2) is 24.3 Å². The number of amides is 1. The molecule has 2 unspecified atom stereocenters. The summed E-state index contributed by atoms with van der Waals surface area (Å²) in [5.41, 5.74) is 6.90. The zero-order valence-corrected chi connectivity index (χ0v) is 10.4. The van der Waals surface area contributed by atoms with Gasteiger partial charge in [0.15, 0.2) is 0 Å². The van der Waals surface area contributed by atoms with Crippen LogP contribution in [0.5, 0.6) is 0 Å². The highest BCUT2D eigenvalue weighted by atomic mass is 35.5. The van der Waals surface area contributed by atoms with Crippen LogP contribution < -0.4 is 11.1 Å². The second-order valence-electron chi connectivity index (χ2n) is 4.55. The number of halogens is 1. The normalized spacial score (nSPS) is 23.6. The maximum Gasteiger partial charge on any atom is 0.224 e. The molecule has 17 heavy (non-hydrogen) atoms. The Bertz CT molecular complexity index is 408. The summed E-state index contributed by atoms with van der Waals surface area (Å²) >= 11 is 5.88. The van der Waals surface area contributed by atoms with Gasteiger partial charge in [0.1, 0.15) is 0 Å². The van der Waals surface area contributed by atoms with Crippen molar-refractivity contribution in [2.24, 2.45) is 11.7 Å². The van der Waals surface area contributed by atoms with E-state index in [2.05, 4.69) is 5.32 Å². The Kier molecular flexibility index (Phi) is 4.02.